The molecule has 3 rings (SSSR count). The SMILES string of the molecule is CC(C)(C)OC(=O)[C@@]1(Cc2ccccc2)Cc2ccccc2C=N1. The second-order valence-corrected chi connectivity index (χ2v) is 7.33. The second kappa shape index (κ2) is 6.23. The fraction of sp³-hybridized carbons (Fsp3) is 0.333. The van der Waals surface area contributed by atoms with Crippen molar-refractivity contribution >= 4 is 12.2 Å². The fourth-order valence-electron chi connectivity index (χ4n) is 2.99. The Hall–Kier alpha value is -2.42. The minimum Gasteiger partial charge on any atom is -0.458 e. The Morgan fingerprint density at radius 2 is 1.75 bits per heavy atom. The maximum atomic E-state index is 13.0. The molecule has 1 atom stereocenters. The smallest absolute Gasteiger partial charge is 0.335 e. The van der Waals surface area contributed by atoms with Gasteiger partial charge in [-0.2, -0.15) is 0 Å². The number of ether oxygens (including phenoxy) is 1. The van der Waals surface area contributed by atoms with E-state index in [1.807, 2.05) is 75.5 Å². The van der Waals surface area contributed by atoms with Crippen LogP contribution in [0.15, 0.2) is 59.6 Å². The Kier molecular flexibility index (Phi) is 4.27. The molecule has 0 spiro atoms. The zero-order chi connectivity index (χ0) is 17.2. The Morgan fingerprint density at radius 3 is 2.46 bits per heavy atom. The molecule has 0 saturated heterocycles. The van der Waals surface area contributed by atoms with E-state index in [2.05, 4.69) is 11.1 Å². The zero-order valence-corrected chi connectivity index (χ0v) is 14.5. The summed E-state index contributed by atoms with van der Waals surface area (Å²) in [7, 11) is 0. The molecule has 0 unspecified atom stereocenters. The number of aliphatic imine (C=N–C) groups is 1. The first-order valence-corrected chi connectivity index (χ1v) is 8.29. The van der Waals surface area contributed by atoms with E-state index in [4.69, 9.17) is 4.74 Å². The minimum absolute atomic E-state index is 0.260. The van der Waals surface area contributed by atoms with Crippen LogP contribution in [-0.4, -0.2) is 23.3 Å². The van der Waals surface area contributed by atoms with Crippen LogP contribution >= 0.6 is 0 Å². The van der Waals surface area contributed by atoms with Crippen LogP contribution in [0.2, 0.25) is 0 Å². The van der Waals surface area contributed by atoms with Crippen molar-refractivity contribution in [2.75, 3.05) is 0 Å². The highest BCUT2D eigenvalue weighted by Gasteiger charge is 2.43. The van der Waals surface area contributed by atoms with Crippen LogP contribution in [0.25, 0.3) is 0 Å². The summed E-state index contributed by atoms with van der Waals surface area (Å²) in [5, 5.41) is 0. The molecule has 24 heavy (non-hydrogen) atoms. The van der Waals surface area contributed by atoms with Gasteiger partial charge in [0.25, 0.3) is 0 Å². The number of carbonyl (C=O) groups excluding carboxylic acids is 1. The number of carbonyl (C=O) groups is 1. The van der Waals surface area contributed by atoms with Gasteiger partial charge in [-0.3, -0.25) is 4.99 Å². The lowest BCUT2D eigenvalue weighted by Gasteiger charge is -2.34. The molecular weight excluding hydrogens is 298 g/mol. The summed E-state index contributed by atoms with van der Waals surface area (Å²) in [6.45, 7) is 5.67. The highest BCUT2D eigenvalue weighted by molar-refractivity contribution is 5.91. The average Bonchev–Trinajstić information content (AvgIpc) is 2.54. The molecule has 1 aliphatic heterocycles. The van der Waals surface area contributed by atoms with Crippen molar-refractivity contribution in [3.05, 3.63) is 71.3 Å². The van der Waals surface area contributed by atoms with Gasteiger partial charge in [-0.25, -0.2) is 4.79 Å². The number of rotatable bonds is 3. The number of nitrogens with zero attached hydrogens (tertiary/aromatic N) is 1. The van der Waals surface area contributed by atoms with Gasteiger partial charge in [0.2, 0.25) is 0 Å². The van der Waals surface area contributed by atoms with E-state index in [9.17, 15) is 4.79 Å². The number of benzene rings is 2. The summed E-state index contributed by atoms with van der Waals surface area (Å²) in [5.74, 6) is -0.260. The molecule has 0 aromatic heterocycles. The third-order valence-electron chi connectivity index (χ3n) is 4.11. The van der Waals surface area contributed by atoms with Crippen molar-refractivity contribution in [3.8, 4) is 0 Å². The Bertz CT molecular complexity index is 759. The van der Waals surface area contributed by atoms with Gasteiger partial charge in [0.05, 0.1) is 0 Å². The lowest BCUT2D eigenvalue weighted by atomic mass is 9.82. The van der Waals surface area contributed by atoms with E-state index in [-0.39, 0.29) is 5.97 Å². The third kappa shape index (κ3) is 3.56. The summed E-state index contributed by atoms with van der Waals surface area (Å²) in [4.78, 5) is 17.7. The maximum Gasteiger partial charge on any atom is 0.335 e. The van der Waals surface area contributed by atoms with E-state index >= 15 is 0 Å². The van der Waals surface area contributed by atoms with Crippen LogP contribution in [0.4, 0.5) is 0 Å². The van der Waals surface area contributed by atoms with Gasteiger partial charge in [0, 0.05) is 19.1 Å². The predicted molar refractivity (Wildman–Crippen MR) is 96.5 cm³/mol. The Balaban J connectivity index is 1.98. The summed E-state index contributed by atoms with van der Waals surface area (Å²) >= 11 is 0. The largest absolute Gasteiger partial charge is 0.458 e. The standard InChI is InChI=1S/C21H23NO2/c1-20(2,3)24-19(23)21(13-16-9-5-4-6-10-16)14-17-11-7-8-12-18(17)15-22-21/h4-12,15H,13-14H2,1-3H3/t21-/m1/s1. The molecule has 0 bridgehead atoms. The highest BCUT2D eigenvalue weighted by Crippen LogP contribution is 2.31. The molecule has 0 fully saturated rings. The van der Waals surface area contributed by atoms with Gasteiger partial charge < -0.3 is 4.74 Å². The van der Waals surface area contributed by atoms with Crippen LogP contribution in [0.3, 0.4) is 0 Å². The summed E-state index contributed by atoms with van der Waals surface area (Å²) in [6.07, 6.45) is 2.91. The van der Waals surface area contributed by atoms with E-state index in [1.54, 1.807) is 0 Å². The van der Waals surface area contributed by atoms with Crippen molar-refractivity contribution in [3.63, 3.8) is 0 Å². The molecule has 0 N–H and O–H groups in total. The highest BCUT2D eigenvalue weighted by atomic mass is 16.6. The predicted octanol–water partition coefficient (Wildman–Crippen LogP) is 3.98. The van der Waals surface area contributed by atoms with Gasteiger partial charge in [-0.05, 0) is 37.5 Å². The summed E-state index contributed by atoms with van der Waals surface area (Å²) in [6, 6.07) is 18.1. The number of hydrogen-bond acceptors (Lipinski definition) is 3. The minimum atomic E-state index is -0.900. The zero-order valence-electron chi connectivity index (χ0n) is 14.5. The molecule has 3 heteroatoms. The fourth-order valence-corrected chi connectivity index (χ4v) is 2.99. The summed E-state index contributed by atoms with van der Waals surface area (Å²) in [5.41, 5.74) is 1.86. The molecule has 2 aromatic rings. The third-order valence-corrected chi connectivity index (χ3v) is 4.11. The van der Waals surface area contributed by atoms with Gasteiger partial charge in [-0.15, -0.1) is 0 Å². The lowest BCUT2D eigenvalue weighted by Crippen LogP contribution is -2.47. The first kappa shape index (κ1) is 16.4. The van der Waals surface area contributed by atoms with Crippen molar-refractivity contribution in [2.45, 2.75) is 44.8 Å². The van der Waals surface area contributed by atoms with Crippen molar-refractivity contribution in [1.29, 1.82) is 0 Å². The lowest BCUT2D eigenvalue weighted by molar-refractivity contribution is -0.161. The molecule has 0 amide bonds. The van der Waals surface area contributed by atoms with Crippen molar-refractivity contribution < 1.29 is 9.53 Å². The van der Waals surface area contributed by atoms with Gasteiger partial charge in [-0.1, -0.05) is 54.6 Å². The molecule has 2 aromatic carbocycles. The first-order valence-electron chi connectivity index (χ1n) is 8.29. The molecule has 0 saturated carbocycles. The number of hydrogen-bond donors (Lipinski definition) is 0. The topological polar surface area (TPSA) is 38.7 Å². The molecule has 0 aliphatic carbocycles. The van der Waals surface area contributed by atoms with Gasteiger partial charge in [0.1, 0.15) is 5.60 Å². The molecule has 1 aliphatic rings. The second-order valence-electron chi connectivity index (χ2n) is 7.33. The molecule has 3 nitrogen and oxygen atoms in total. The van der Waals surface area contributed by atoms with E-state index < -0.39 is 11.1 Å². The first-order chi connectivity index (χ1) is 11.4. The van der Waals surface area contributed by atoms with E-state index in [1.165, 1.54) is 0 Å². The number of fused-ring (bicyclic) bond motifs is 1. The molecular formula is C21H23NO2. The Morgan fingerprint density at radius 1 is 1.08 bits per heavy atom. The normalized spacial score (nSPS) is 19.6. The van der Waals surface area contributed by atoms with Crippen LogP contribution in [0, 0.1) is 0 Å². The van der Waals surface area contributed by atoms with Crippen LogP contribution in [-0.2, 0) is 22.4 Å². The quantitative estimate of drug-likeness (QED) is 0.802. The Labute approximate surface area is 143 Å². The van der Waals surface area contributed by atoms with Crippen LogP contribution in [0.5, 0.6) is 0 Å². The van der Waals surface area contributed by atoms with Crippen molar-refractivity contribution in [1.82, 2.24) is 0 Å². The molecule has 1 heterocycles. The monoisotopic (exact) mass is 321 g/mol. The van der Waals surface area contributed by atoms with Gasteiger partial charge in [0.15, 0.2) is 5.54 Å². The maximum absolute atomic E-state index is 13.0. The van der Waals surface area contributed by atoms with E-state index in [0.717, 1.165) is 16.7 Å². The number of esters is 1. The van der Waals surface area contributed by atoms with Crippen LogP contribution < -0.4 is 0 Å². The van der Waals surface area contributed by atoms with Crippen LogP contribution in [0.1, 0.15) is 37.5 Å². The molecule has 0 radical (unpaired) electrons. The van der Waals surface area contributed by atoms with Gasteiger partial charge >= 0.3 is 5.97 Å². The molecule has 124 valence electrons. The van der Waals surface area contributed by atoms with Crippen molar-refractivity contribution in [2.24, 2.45) is 4.99 Å². The summed E-state index contributed by atoms with van der Waals surface area (Å²) < 4.78 is 5.72. The average molecular weight is 321 g/mol. The van der Waals surface area contributed by atoms with E-state index in [0.29, 0.717) is 12.8 Å².